The molecular weight excluding hydrogens is 403 g/mol. The molecule has 0 aliphatic rings. The molecule has 1 atom stereocenters. The molecule has 28 heavy (non-hydrogen) atoms. The fourth-order valence-electron chi connectivity index (χ4n) is 2.28. The first kappa shape index (κ1) is 22.0. The van der Waals surface area contributed by atoms with Crippen LogP contribution < -0.4 is 15.4 Å². The number of aliphatic hydroxyl groups is 1. The van der Waals surface area contributed by atoms with Gasteiger partial charge in [0, 0.05) is 12.1 Å². The lowest BCUT2D eigenvalue weighted by atomic mass is 10.1. The summed E-state index contributed by atoms with van der Waals surface area (Å²) < 4.78 is 5.40. The maximum absolute atomic E-state index is 12.1. The Morgan fingerprint density at radius 3 is 2.57 bits per heavy atom. The van der Waals surface area contributed by atoms with E-state index in [1.54, 1.807) is 30.3 Å². The molecule has 0 radical (unpaired) electrons. The smallest absolute Gasteiger partial charge is 0.251 e. The molecule has 2 aromatic carbocycles. The molecule has 2 amide bonds. The van der Waals surface area contributed by atoms with Gasteiger partial charge in [-0.1, -0.05) is 35.3 Å². The Balaban J connectivity index is 1.72. The van der Waals surface area contributed by atoms with Gasteiger partial charge in [0.25, 0.3) is 5.91 Å². The van der Waals surface area contributed by atoms with Crippen molar-refractivity contribution in [3.8, 4) is 5.75 Å². The van der Waals surface area contributed by atoms with E-state index < -0.39 is 12.0 Å². The molecule has 0 heterocycles. The minimum absolute atomic E-state index is 0.0312. The van der Waals surface area contributed by atoms with Crippen molar-refractivity contribution < 1.29 is 19.4 Å². The molecule has 0 spiro atoms. The first-order chi connectivity index (χ1) is 13.3. The van der Waals surface area contributed by atoms with E-state index >= 15 is 0 Å². The number of aliphatic hydroxyl groups excluding tert-OH is 1. The van der Waals surface area contributed by atoms with Gasteiger partial charge in [0.05, 0.1) is 11.6 Å². The lowest BCUT2D eigenvalue weighted by Gasteiger charge is -2.14. The number of halogens is 2. The van der Waals surface area contributed by atoms with Crippen LogP contribution in [0, 0.1) is 13.8 Å². The first-order valence-electron chi connectivity index (χ1n) is 8.65. The molecule has 0 aromatic heterocycles. The molecule has 0 aliphatic heterocycles. The Morgan fingerprint density at radius 1 is 1.11 bits per heavy atom. The third-order valence-corrected chi connectivity index (χ3v) is 4.86. The van der Waals surface area contributed by atoms with Gasteiger partial charge in [0.2, 0.25) is 5.91 Å². The molecule has 150 valence electrons. The Morgan fingerprint density at radius 2 is 1.86 bits per heavy atom. The molecule has 3 N–H and O–H groups in total. The van der Waals surface area contributed by atoms with Crippen LogP contribution in [0.15, 0.2) is 36.4 Å². The number of carbonyl (C=O) groups is 2. The van der Waals surface area contributed by atoms with Crippen LogP contribution in [0.5, 0.6) is 5.75 Å². The van der Waals surface area contributed by atoms with Gasteiger partial charge >= 0.3 is 0 Å². The predicted molar refractivity (Wildman–Crippen MR) is 109 cm³/mol. The van der Waals surface area contributed by atoms with Crippen molar-refractivity contribution in [3.63, 3.8) is 0 Å². The van der Waals surface area contributed by atoms with Crippen LogP contribution in [0.25, 0.3) is 0 Å². The van der Waals surface area contributed by atoms with Crippen LogP contribution in [0.2, 0.25) is 10.0 Å². The summed E-state index contributed by atoms with van der Waals surface area (Å²) in [6, 6.07) is 10.3. The Bertz CT molecular complexity index is 858. The average molecular weight is 425 g/mol. The molecule has 0 saturated carbocycles. The zero-order valence-corrected chi connectivity index (χ0v) is 17.1. The maximum atomic E-state index is 12.1. The van der Waals surface area contributed by atoms with Crippen molar-refractivity contribution >= 4 is 35.0 Å². The van der Waals surface area contributed by atoms with E-state index in [1.165, 1.54) is 0 Å². The molecule has 2 aromatic rings. The molecule has 0 bridgehead atoms. The average Bonchev–Trinajstić information content (AvgIpc) is 2.67. The minimum Gasteiger partial charge on any atom is -0.489 e. The fraction of sp³-hybridized carbons (Fsp3) is 0.300. The summed E-state index contributed by atoms with van der Waals surface area (Å²) in [6.07, 6.45) is -0.950. The van der Waals surface area contributed by atoms with Crippen molar-refractivity contribution in [2.75, 3.05) is 19.7 Å². The lowest BCUT2D eigenvalue weighted by Crippen LogP contribution is -2.41. The number of benzene rings is 2. The van der Waals surface area contributed by atoms with E-state index in [-0.39, 0.29) is 30.6 Å². The van der Waals surface area contributed by atoms with Gasteiger partial charge in [0.1, 0.15) is 23.5 Å². The number of amides is 2. The van der Waals surface area contributed by atoms with Crippen LogP contribution in [0.3, 0.4) is 0 Å². The SMILES string of the molecule is Cc1ccc(C(=O)NCC(=O)NCC(O)COc2cccc(Cl)c2Cl)cc1C. The van der Waals surface area contributed by atoms with Crippen LogP contribution in [-0.4, -0.2) is 42.7 Å². The highest BCUT2D eigenvalue weighted by Gasteiger charge is 2.12. The third-order valence-electron chi connectivity index (χ3n) is 4.06. The number of carbonyl (C=O) groups excluding carboxylic acids is 2. The van der Waals surface area contributed by atoms with E-state index in [4.69, 9.17) is 27.9 Å². The van der Waals surface area contributed by atoms with Gasteiger partial charge in [-0.05, 0) is 49.2 Å². The highest BCUT2D eigenvalue weighted by Crippen LogP contribution is 2.31. The molecule has 0 aliphatic carbocycles. The van der Waals surface area contributed by atoms with Crippen LogP contribution >= 0.6 is 23.2 Å². The monoisotopic (exact) mass is 424 g/mol. The molecule has 0 saturated heterocycles. The second-order valence-corrected chi connectivity index (χ2v) is 7.09. The second-order valence-electron chi connectivity index (χ2n) is 6.30. The zero-order chi connectivity index (χ0) is 20.7. The van der Waals surface area contributed by atoms with E-state index in [2.05, 4.69) is 10.6 Å². The molecule has 8 heteroatoms. The largest absolute Gasteiger partial charge is 0.489 e. The Kier molecular flexibility index (Phi) is 8.11. The third kappa shape index (κ3) is 6.41. The standard InChI is InChI=1S/C20H22Cl2N2O4/c1-12-6-7-14(8-13(12)2)20(27)24-10-18(26)23-9-15(25)11-28-17-5-3-4-16(21)19(17)22/h3-8,15,25H,9-11H2,1-2H3,(H,23,26)(H,24,27). The normalized spacial score (nSPS) is 11.6. The number of hydrogen-bond acceptors (Lipinski definition) is 4. The molecule has 1 unspecified atom stereocenters. The van der Waals surface area contributed by atoms with Gasteiger partial charge < -0.3 is 20.5 Å². The van der Waals surface area contributed by atoms with Crippen molar-refractivity contribution in [2.45, 2.75) is 20.0 Å². The van der Waals surface area contributed by atoms with Crippen molar-refractivity contribution in [1.82, 2.24) is 10.6 Å². The summed E-state index contributed by atoms with van der Waals surface area (Å²) in [5, 5.41) is 15.6. The van der Waals surface area contributed by atoms with E-state index in [0.717, 1.165) is 11.1 Å². The second kappa shape index (κ2) is 10.3. The number of hydrogen-bond donors (Lipinski definition) is 3. The van der Waals surface area contributed by atoms with E-state index in [1.807, 2.05) is 19.9 Å². The maximum Gasteiger partial charge on any atom is 0.251 e. The summed E-state index contributed by atoms with van der Waals surface area (Å²) in [5.41, 5.74) is 2.58. The highest BCUT2D eigenvalue weighted by molar-refractivity contribution is 6.42. The van der Waals surface area contributed by atoms with Crippen molar-refractivity contribution in [2.24, 2.45) is 0 Å². The summed E-state index contributed by atoms with van der Waals surface area (Å²) in [7, 11) is 0. The van der Waals surface area contributed by atoms with Gasteiger partial charge in [0.15, 0.2) is 0 Å². The quantitative estimate of drug-likeness (QED) is 0.607. The van der Waals surface area contributed by atoms with Crippen LogP contribution in [0.4, 0.5) is 0 Å². The number of nitrogens with one attached hydrogen (secondary N) is 2. The van der Waals surface area contributed by atoms with Gasteiger partial charge in [-0.2, -0.15) is 0 Å². The molecule has 2 rings (SSSR count). The topological polar surface area (TPSA) is 87.7 Å². The summed E-state index contributed by atoms with van der Waals surface area (Å²) in [6.45, 7) is 3.57. The van der Waals surface area contributed by atoms with Gasteiger partial charge in [-0.3, -0.25) is 9.59 Å². The molecule has 6 nitrogen and oxygen atoms in total. The number of rotatable bonds is 8. The van der Waals surface area contributed by atoms with Gasteiger partial charge in [-0.25, -0.2) is 0 Å². The van der Waals surface area contributed by atoms with Gasteiger partial charge in [-0.15, -0.1) is 0 Å². The number of ether oxygens (including phenoxy) is 1. The van der Waals surface area contributed by atoms with Crippen LogP contribution in [-0.2, 0) is 4.79 Å². The van der Waals surface area contributed by atoms with E-state index in [0.29, 0.717) is 16.3 Å². The zero-order valence-electron chi connectivity index (χ0n) is 15.6. The Hall–Kier alpha value is -2.28. The highest BCUT2D eigenvalue weighted by atomic mass is 35.5. The summed E-state index contributed by atoms with van der Waals surface area (Å²) in [5.74, 6) is -0.407. The van der Waals surface area contributed by atoms with Crippen LogP contribution in [0.1, 0.15) is 21.5 Å². The first-order valence-corrected chi connectivity index (χ1v) is 9.40. The predicted octanol–water partition coefficient (Wildman–Crippen LogP) is 2.90. The Labute approximate surface area is 173 Å². The van der Waals surface area contributed by atoms with E-state index in [9.17, 15) is 14.7 Å². The lowest BCUT2D eigenvalue weighted by molar-refractivity contribution is -0.120. The summed E-state index contributed by atoms with van der Waals surface area (Å²) >= 11 is 11.9. The molecule has 0 fully saturated rings. The van der Waals surface area contributed by atoms with Crippen molar-refractivity contribution in [3.05, 3.63) is 63.1 Å². The fourth-order valence-corrected chi connectivity index (χ4v) is 2.63. The molecular formula is C20H22Cl2N2O4. The minimum atomic E-state index is -0.950. The summed E-state index contributed by atoms with van der Waals surface area (Å²) in [4.78, 5) is 23.9. The van der Waals surface area contributed by atoms with Crippen molar-refractivity contribution in [1.29, 1.82) is 0 Å². The number of aryl methyl sites for hydroxylation is 2.